The molecule has 1 aliphatic heterocycles. The average molecular weight is 320 g/mol. The topological polar surface area (TPSA) is 79.4 Å². The second-order valence-corrected chi connectivity index (χ2v) is 4.82. The number of hydrogen-bond acceptors (Lipinski definition) is 4. The van der Waals surface area contributed by atoms with E-state index in [1.165, 1.54) is 0 Å². The molecule has 19 heavy (non-hydrogen) atoms. The summed E-state index contributed by atoms with van der Waals surface area (Å²) in [5, 5.41) is 2.71. The zero-order chi connectivity index (χ0) is 13.6. The Labute approximate surface area is 115 Å². The smallest absolute Gasteiger partial charge is 0.269 e. The minimum Gasteiger partial charge on any atom is -0.269 e. The Kier molecular flexibility index (Phi) is 2.56. The van der Waals surface area contributed by atoms with Crippen LogP contribution in [-0.4, -0.2) is 22.8 Å². The molecule has 0 aliphatic carbocycles. The second-order valence-electron chi connectivity index (χ2n) is 3.90. The number of carbonyl (C=O) groups is 3. The number of imide groups is 2. The Morgan fingerprint density at radius 2 is 2.00 bits per heavy atom. The van der Waals surface area contributed by atoms with Crippen LogP contribution in [0.5, 0.6) is 0 Å². The summed E-state index contributed by atoms with van der Waals surface area (Å²) in [6, 6.07) is 6.12. The van der Waals surface area contributed by atoms with Crippen LogP contribution < -0.4 is 10.2 Å². The SMILES string of the molecule is O=C1NC(=O)N(c2cccc3cc(Br)cnc23)C1=O. The highest BCUT2D eigenvalue weighted by Gasteiger charge is 2.38. The summed E-state index contributed by atoms with van der Waals surface area (Å²) in [4.78, 5) is 39.5. The predicted octanol–water partition coefficient (Wildman–Crippen LogP) is 1.58. The molecule has 2 aromatic rings. The van der Waals surface area contributed by atoms with Gasteiger partial charge in [-0.2, -0.15) is 0 Å². The Balaban J connectivity index is 2.23. The average Bonchev–Trinajstić information content (AvgIpc) is 2.62. The number of urea groups is 1. The number of benzene rings is 1. The van der Waals surface area contributed by atoms with E-state index in [1.807, 2.05) is 11.4 Å². The first-order valence-corrected chi connectivity index (χ1v) is 6.11. The number of anilines is 1. The lowest BCUT2D eigenvalue weighted by Gasteiger charge is -2.13. The number of para-hydroxylation sites is 1. The molecule has 0 spiro atoms. The van der Waals surface area contributed by atoms with Gasteiger partial charge < -0.3 is 0 Å². The highest BCUT2D eigenvalue weighted by Crippen LogP contribution is 2.28. The monoisotopic (exact) mass is 319 g/mol. The van der Waals surface area contributed by atoms with Crippen LogP contribution >= 0.6 is 15.9 Å². The van der Waals surface area contributed by atoms with Gasteiger partial charge in [0.15, 0.2) is 0 Å². The van der Waals surface area contributed by atoms with Gasteiger partial charge in [-0.05, 0) is 28.1 Å². The maximum Gasteiger partial charge on any atom is 0.336 e. The van der Waals surface area contributed by atoms with Crippen molar-refractivity contribution in [1.29, 1.82) is 0 Å². The van der Waals surface area contributed by atoms with Crippen LogP contribution in [0, 0.1) is 0 Å². The van der Waals surface area contributed by atoms with E-state index in [4.69, 9.17) is 0 Å². The van der Waals surface area contributed by atoms with Crippen LogP contribution in [0.15, 0.2) is 34.9 Å². The third-order valence-electron chi connectivity index (χ3n) is 2.72. The van der Waals surface area contributed by atoms with E-state index < -0.39 is 17.8 Å². The minimum absolute atomic E-state index is 0.290. The quantitative estimate of drug-likeness (QED) is 0.639. The van der Waals surface area contributed by atoms with Gasteiger partial charge in [0.05, 0.1) is 11.2 Å². The highest BCUT2D eigenvalue weighted by atomic mass is 79.9. The van der Waals surface area contributed by atoms with E-state index >= 15 is 0 Å². The Morgan fingerprint density at radius 3 is 2.68 bits per heavy atom. The molecule has 0 atom stereocenters. The van der Waals surface area contributed by atoms with Gasteiger partial charge in [-0.3, -0.25) is 19.9 Å². The molecule has 0 unspecified atom stereocenters. The molecule has 1 aliphatic rings. The molecular formula is C12H6BrN3O3. The Morgan fingerprint density at radius 1 is 1.21 bits per heavy atom. The number of aromatic nitrogens is 1. The van der Waals surface area contributed by atoms with Crippen molar-refractivity contribution in [3.05, 3.63) is 34.9 Å². The second kappa shape index (κ2) is 4.13. The van der Waals surface area contributed by atoms with E-state index in [0.717, 1.165) is 14.8 Å². The lowest BCUT2D eigenvalue weighted by Crippen LogP contribution is -2.31. The molecule has 1 aromatic carbocycles. The summed E-state index contributed by atoms with van der Waals surface area (Å²) in [5.41, 5.74) is 0.766. The minimum atomic E-state index is -0.931. The van der Waals surface area contributed by atoms with Crippen molar-refractivity contribution in [2.45, 2.75) is 0 Å². The number of pyridine rings is 1. The summed E-state index contributed by atoms with van der Waals surface area (Å²) in [6.45, 7) is 0. The van der Waals surface area contributed by atoms with E-state index in [9.17, 15) is 14.4 Å². The Hall–Kier alpha value is -2.28. The van der Waals surface area contributed by atoms with Crippen molar-refractivity contribution < 1.29 is 14.4 Å². The Bertz CT molecular complexity index is 744. The third kappa shape index (κ3) is 1.78. The van der Waals surface area contributed by atoms with Crippen molar-refractivity contribution in [3.63, 3.8) is 0 Å². The fourth-order valence-electron chi connectivity index (χ4n) is 1.92. The molecule has 0 saturated carbocycles. The summed E-state index contributed by atoms with van der Waals surface area (Å²) < 4.78 is 0.783. The molecule has 1 saturated heterocycles. The summed E-state index contributed by atoms with van der Waals surface area (Å²) in [5.74, 6) is -1.83. The number of hydrogen-bond donors (Lipinski definition) is 1. The number of nitrogens with one attached hydrogen (secondary N) is 1. The summed E-state index contributed by atoms with van der Waals surface area (Å²) in [6.07, 6.45) is 1.56. The molecule has 1 aromatic heterocycles. The molecule has 1 N–H and O–H groups in total. The largest absolute Gasteiger partial charge is 0.336 e. The summed E-state index contributed by atoms with van der Waals surface area (Å²) in [7, 11) is 0. The van der Waals surface area contributed by atoms with Gasteiger partial charge in [0, 0.05) is 16.1 Å². The maximum atomic E-state index is 11.7. The number of amides is 4. The van der Waals surface area contributed by atoms with Gasteiger partial charge in [0.25, 0.3) is 0 Å². The van der Waals surface area contributed by atoms with Crippen LogP contribution in [0.2, 0.25) is 0 Å². The standard InChI is InChI=1S/C12H6BrN3O3/c13-7-4-6-2-1-3-8(9(6)14-5-7)16-11(18)10(17)15-12(16)19/h1-5H,(H,15,17,19). The van der Waals surface area contributed by atoms with E-state index in [2.05, 4.69) is 20.9 Å². The normalized spacial score (nSPS) is 15.2. The van der Waals surface area contributed by atoms with Crippen molar-refractivity contribution in [1.82, 2.24) is 10.3 Å². The molecule has 1 fully saturated rings. The molecule has 0 bridgehead atoms. The number of carbonyl (C=O) groups excluding carboxylic acids is 3. The first kappa shape index (κ1) is 11.8. The summed E-state index contributed by atoms with van der Waals surface area (Å²) >= 11 is 3.30. The molecular weight excluding hydrogens is 314 g/mol. The molecule has 3 rings (SSSR count). The molecule has 7 heteroatoms. The van der Waals surface area contributed by atoms with Crippen LogP contribution in [0.25, 0.3) is 10.9 Å². The van der Waals surface area contributed by atoms with Gasteiger partial charge >= 0.3 is 17.8 Å². The lowest BCUT2D eigenvalue weighted by molar-refractivity contribution is -0.134. The van der Waals surface area contributed by atoms with Crippen LogP contribution in [-0.2, 0) is 9.59 Å². The zero-order valence-electron chi connectivity index (χ0n) is 9.38. The molecule has 4 amide bonds. The lowest BCUT2D eigenvalue weighted by atomic mass is 10.2. The van der Waals surface area contributed by atoms with Gasteiger partial charge in [-0.25, -0.2) is 9.69 Å². The van der Waals surface area contributed by atoms with E-state index in [1.54, 1.807) is 24.4 Å². The van der Waals surface area contributed by atoms with Gasteiger partial charge in [-0.1, -0.05) is 12.1 Å². The van der Waals surface area contributed by atoms with Gasteiger partial charge in [0.2, 0.25) is 0 Å². The van der Waals surface area contributed by atoms with Gasteiger partial charge in [-0.15, -0.1) is 0 Å². The van der Waals surface area contributed by atoms with Gasteiger partial charge in [0.1, 0.15) is 0 Å². The number of rotatable bonds is 1. The molecule has 94 valence electrons. The zero-order valence-corrected chi connectivity index (χ0v) is 11.0. The van der Waals surface area contributed by atoms with Crippen molar-refractivity contribution in [3.8, 4) is 0 Å². The van der Waals surface area contributed by atoms with Crippen LogP contribution in [0.4, 0.5) is 10.5 Å². The molecule has 6 nitrogen and oxygen atoms in total. The van der Waals surface area contributed by atoms with Crippen molar-refractivity contribution in [2.24, 2.45) is 0 Å². The highest BCUT2D eigenvalue weighted by molar-refractivity contribution is 9.10. The van der Waals surface area contributed by atoms with Crippen LogP contribution in [0.3, 0.4) is 0 Å². The first-order valence-electron chi connectivity index (χ1n) is 5.31. The number of nitrogens with zero attached hydrogens (tertiary/aromatic N) is 2. The van der Waals surface area contributed by atoms with Crippen molar-refractivity contribution in [2.75, 3.05) is 4.90 Å². The first-order chi connectivity index (χ1) is 9.08. The molecule has 0 radical (unpaired) electrons. The van der Waals surface area contributed by atoms with E-state index in [-0.39, 0.29) is 0 Å². The fraction of sp³-hybridized carbons (Fsp3) is 0. The number of fused-ring (bicyclic) bond motifs is 1. The molecule has 2 heterocycles. The third-order valence-corrected chi connectivity index (χ3v) is 3.15. The van der Waals surface area contributed by atoms with Crippen molar-refractivity contribution >= 4 is 50.4 Å². The van der Waals surface area contributed by atoms with Crippen LogP contribution in [0.1, 0.15) is 0 Å². The predicted molar refractivity (Wildman–Crippen MR) is 70.5 cm³/mol. The van der Waals surface area contributed by atoms with E-state index in [0.29, 0.717) is 11.2 Å². The maximum absolute atomic E-state index is 11.7. The number of halogens is 1. The fourth-order valence-corrected chi connectivity index (χ4v) is 2.27.